The van der Waals surface area contributed by atoms with Crippen LogP contribution in [-0.2, 0) is 6.42 Å². The van der Waals surface area contributed by atoms with E-state index in [2.05, 4.69) is 21.4 Å². The summed E-state index contributed by atoms with van der Waals surface area (Å²) in [6.45, 7) is 0. The summed E-state index contributed by atoms with van der Waals surface area (Å²) in [6, 6.07) is 8.94. The van der Waals surface area contributed by atoms with Gasteiger partial charge in [0.15, 0.2) is 0 Å². The molecule has 0 saturated heterocycles. The van der Waals surface area contributed by atoms with E-state index in [4.69, 9.17) is 5.84 Å². The second kappa shape index (κ2) is 5.91. The molecular weight excluding hydrogens is 359 g/mol. The fourth-order valence-corrected chi connectivity index (χ4v) is 4.77. The smallest absolute Gasteiger partial charge is 0.123 e. The van der Waals surface area contributed by atoms with Crippen molar-refractivity contribution in [3.63, 3.8) is 0 Å². The van der Waals surface area contributed by atoms with Gasteiger partial charge < -0.3 is 0 Å². The van der Waals surface area contributed by atoms with Crippen LogP contribution in [0.3, 0.4) is 0 Å². The van der Waals surface area contributed by atoms with Crippen molar-refractivity contribution in [1.29, 1.82) is 0 Å². The summed E-state index contributed by atoms with van der Waals surface area (Å²) in [5.74, 6) is 5.49. The van der Waals surface area contributed by atoms with Gasteiger partial charge in [0.05, 0.1) is 6.04 Å². The molecule has 6 heteroatoms. The molecule has 3 rings (SSSR count). The maximum Gasteiger partial charge on any atom is 0.123 e. The zero-order valence-corrected chi connectivity index (χ0v) is 13.6. The third-order valence-electron chi connectivity index (χ3n) is 3.12. The van der Waals surface area contributed by atoms with Gasteiger partial charge in [-0.1, -0.05) is 0 Å². The maximum absolute atomic E-state index is 13.2. The number of rotatable bonds is 4. The van der Waals surface area contributed by atoms with Crippen molar-refractivity contribution in [3.05, 3.63) is 55.8 Å². The summed E-state index contributed by atoms with van der Waals surface area (Å²) in [6.07, 6.45) is 0.810. The lowest BCUT2D eigenvalue weighted by Crippen LogP contribution is -2.28. The Morgan fingerprint density at radius 2 is 2.15 bits per heavy atom. The number of fused-ring (bicyclic) bond motifs is 1. The number of hydrogen-bond donors (Lipinski definition) is 2. The summed E-state index contributed by atoms with van der Waals surface area (Å²) in [4.78, 5) is 2.37. The molecule has 0 aliphatic carbocycles. The average molecular weight is 371 g/mol. The standard InChI is InChI=1S/C14H12BrFN2S2/c15-10-3-4-19-13(10)7-11(18-17)14-6-8-5-9(16)1-2-12(8)20-14/h1-6,11,18H,7,17H2. The summed E-state index contributed by atoms with van der Waals surface area (Å²) in [5.41, 5.74) is 2.86. The van der Waals surface area contributed by atoms with Gasteiger partial charge in [-0.2, -0.15) is 0 Å². The Kier molecular flexibility index (Phi) is 4.18. The highest BCUT2D eigenvalue weighted by Crippen LogP contribution is 2.34. The van der Waals surface area contributed by atoms with Gasteiger partial charge in [0, 0.05) is 25.3 Å². The summed E-state index contributed by atoms with van der Waals surface area (Å²) in [5, 5.41) is 2.98. The van der Waals surface area contributed by atoms with Gasteiger partial charge in [0.1, 0.15) is 5.82 Å². The Labute approximate surface area is 132 Å². The van der Waals surface area contributed by atoms with Gasteiger partial charge in [0.2, 0.25) is 0 Å². The Bertz CT molecular complexity index is 738. The molecular formula is C14H12BrFN2S2. The van der Waals surface area contributed by atoms with Crippen LogP contribution < -0.4 is 11.3 Å². The number of nitrogens with two attached hydrogens (primary N) is 1. The van der Waals surface area contributed by atoms with Crippen molar-refractivity contribution in [2.24, 2.45) is 5.84 Å². The fraction of sp³-hybridized carbons (Fsp3) is 0.143. The normalized spacial score (nSPS) is 12.9. The van der Waals surface area contributed by atoms with Crippen molar-refractivity contribution in [3.8, 4) is 0 Å². The first-order valence-electron chi connectivity index (χ1n) is 6.04. The molecule has 0 bridgehead atoms. The van der Waals surface area contributed by atoms with Crippen molar-refractivity contribution >= 4 is 48.7 Å². The predicted octanol–water partition coefficient (Wildman–Crippen LogP) is 4.61. The van der Waals surface area contributed by atoms with Crippen molar-refractivity contribution in [2.75, 3.05) is 0 Å². The van der Waals surface area contributed by atoms with Crippen LogP contribution >= 0.6 is 38.6 Å². The van der Waals surface area contributed by atoms with Crippen LogP contribution in [0.4, 0.5) is 4.39 Å². The van der Waals surface area contributed by atoms with E-state index in [1.807, 2.05) is 23.6 Å². The highest BCUT2D eigenvalue weighted by atomic mass is 79.9. The van der Waals surface area contributed by atoms with Gasteiger partial charge >= 0.3 is 0 Å². The lowest BCUT2D eigenvalue weighted by molar-refractivity contribution is 0.564. The lowest BCUT2D eigenvalue weighted by atomic mass is 10.1. The molecule has 2 aromatic heterocycles. The van der Waals surface area contributed by atoms with E-state index in [0.29, 0.717) is 0 Å². The summed E-state index contributed by atoms with van der Waals surface area (Å²) < 4.78 is 15.4. The third-order valence-corrected chi connectivity index (χ3v) is 6.30. The molecule has 2 nitrogen and oxygen atoms in total. The fourth-order valence-electron chi connectivity index (χ4n) is 2.10. The van der Waals surface area contributed by atoms with Gasteiger partial charge in [0.25, 0.3) is 0 Å². The largest absolute Gasteiger partial charge is 0.271 e. The van der Waals surface area contributed by atoms with E-state index in [1.165, 1.54) is 10.9 Å². The minimum Gasteiger partial charge on any atom is -0.271 e. The van der Waals surface area contributed by atoms with E-state index < -0.39 is 0 Å². The Morgan fingerprint density at radius 3 is 2.85 bits per heavy atom. The highest BCUT2D eigenvalue weighted by Gasteiger charge is 2.16. The van der Waals surface area contributed by atoms with Crippen LogP contribution in [0.25, 0.3) is 10.1 Å². The lowest BCUT2D eigenvalue weighted by Gasteiger charge is -2.13. The second-order valence-corrected chi connectivity index (χ2v) is 7.42. The van der Waals surface area contributed by atoms with Crippen molar-refractivity contribution in [2.45, 2.75) is 12.5 Å². The average Bonchev–Trinajstić information content (AvgIpc) is 3.01. The predicted molar refractivity (Wildman–Crippen MR) is 87.6 cm³/mol. The number of benzene rings is 1. The minimum atomic E-state index is -0.208. The second-order valence-electron chi connectivity index (χ2n) is 4.45. The Morgan fingerprint density at radius 1 is 1.30 bits per heavy atom. The molecule has 3 N–H and O–H groups in total. The van der Waals surface area contributed by atoms with Crippen LogP contribution in [0, 0.1) is 5.82 Å². The first-order chi connectivity index (χ1) is 9.67. The molecule has 0 saturated carbocycles. The van der Waals surface area contributed by atoms with Crippen LogP contribution in [0.15, 0.2) is 40.2 Å². The topological polar surface area (TPSA) is 38.0 Å². The number of thiophene rings is 2. The van der Waals surface area contributed by atoms with Crippen molar-refractivity contribution in [1.82, 2.24) is 5.43 Å². The van der Waals surface area contributed by atoms with E-state index in [0.717, 1.165) is 25.9 Å². The first-order valence-corrected chi connectivity index (χ1v) is 8.53. The third kappa shape index (κ3) is 2.80. The number of nitrogens with one attached hydrogen (secondary N) is 1. The highest BCUT2D eigenvalue weighted by molar-refractivity contribution is 9.10. The van der Waals surface area contributed by atoms with E-state index >= 15 is 0 Å². The molecule has 20 heavy (non-hydrogen) atoms. The van der Waals surface area contributed by atoms with Gasteiger partial charge in [-0.3, -0.25) is 11.3 Å². The minimum absolute atomic E-state index is 0.0328. The van der Waals surface area contributed by atoms with E-state index in [1.54, 1.807) is 28.7 Å². The number of halogens is 2. The molecule has 1 unspecified atom stereocenters. The molecule has 104 valence electrons. The zero-order valence-electron chi connectivity index (χ0n) is 10.4. The van der Waals surface area contributed by atoms with E-state index in [9.17, 15) is 4.39 Å². The molecule has 1 aromatic carbocycles. The van der Waals surface area contributed by atoms with Gasteiger partial charge in [-0.25, -0.2) is 4.39 Å². The molecule has 0 spiro atoms. The Balaban J connectivity index is 1.92. The summed E-state index contributed by atoms with van der Waals surface area (Å²) in [7, 11) is 0. The zero-order chi connectivity index (χ0) is 14.1. The molecule has 0 aliphatic rings. The molecule has 0 amide bonds. The van der Waals surface area contributed by atoms with Gasteiger partial charge in [-0.05, 0) is 57.0 Å². The van der Waals surface area contributed by atoms with Crippen LogP contribution in [0.5, 0.6) is 0 Å². The molecule has 0 radical (unpaired) electrons. The van der Waals surface area contributed by atoms with Crippen LogP contribution in [0.2, 0.25) is 0 Å². The Hall–Kier alpha value is -0.790. The number of hydrogen-bond acceptors (Lipinski definition) is 4. The quantitative estimate of drug-likeness (QED) is 0.519. The van der Waals surface area contributed by atoms with E-state index in [-0.39, 0.29) is 11.9 Å². The van der Waals surface area contributed by atoms with Gasteiger partial charge in [-0.15, -0.1) is 22.7 Å². The molecule has 1 atom stereocenters. The SMILES string of the molecule is NNC(Cc1sccc1Br)c1cc2cc(F)ccc2s1. The van der Waals surface area contributed by atoms with Crippen molar-refractivity contribution < 1.29 is 4.39 Å². The maximum atomic E-state index is 13.2. The molecule has 2 heterocycles. The monoisotopic (exact) mass is 370 g/mol. The van der Waals surface area contributed by atoms with Crippen LogP contribution in [-0.4, -0.2) is 0 Å². The summed E-state index contributed by atoms with van der Waals surface area (Å²) >= 11 is 6.88. The van der Waals surface area contributed by atoms with Crippen LogP contribution in [0.1, 0.15) is 15.8 Å². The number of hydrazine groups is 1. The first kappa shape index (κ1) is 14.2. The molecule has 0 fully saturated rings. The molecule has 3 aromatic rings. The molecule has 0 aliphatic heterocycles.